The van der Waals surface area contributed by atoms with Gasteiger partial charge in [0.1, 0.15) is 5.75 Å². The lowest BCUT2D eigenvalue weighted by Crippen LogP contribution is -2.17. The van der Waals surface area contributed by atoms with Crippen molar-refractivity contribution < 1.29 is 27.4 Å². The smallest absolute Gasteiger partial charge is 0.461 e. The predicted octanol–water partition coefficient (Wildman–Crippen LogP) is 3.11. The molecule has 110 valence electrons. The van der Waals surface area contributed by atoms with Crippen molar-refractivity contribution in [3.8, 4) is 5.75 Å². The fourth-order valence-corrected chi connectivity index (χ4v) is 1.18. The number of hydrogen-bond acceptors (Lipinski definition) is 5. The number of hydrazone groups is 1. The molecule has 0 aliphatic heterocycles. The molecule has 0 unspecified atom stereocenters. The highest BCUT2D eigenvalue weighted by Gasteiger charge is 2.30. The minimum atomic E-state index is -4.75. The number of carbonyl (C=O) groups excluding carboxylic acids is 1. The zero-order valence-electron chi connectivity index (χ0n) is 10.2. The molecular formula is C11H10ClF3N2O3. The summed E-state index contributed by atoms with van der Waals surface area (Å²) in [6, 6.07) is 4.73. The molecule has 0 spiro atoms. The molecule has 20 heavy (non-hydrogen) atoms. The lowest BCUT2D eigenvalue weighted by atomic mass is 10.3. The van der Waals surface area contributed by atoms with E-state index in [1.165, 1.54) is 12.1 Å². The van der Waals surface area contributed by atoms with Crippen LogP contribution in [0, 0.1) is 0 Å². The van der Waals surface area contributed by atoms with Crippen LogP contribution in [0.4, 0.5) is 18.9 Å². The van der Waals surface area contributed by atoms with Crippen LogP contribution in [0.15, 0.2) is 29.4 Å². The van der Waals surface area contributed by atoms with E-state index >= 15 is 0 Å². The summed E-state index contributed by atoms with van der Waals surface area (Å²) in [6.45, 7) is 1.75. The van der Waals surface area contributed by atoms with Crippen LogP contribution < -0.4 is 10.2 Å². The van der Waals surface area contributed by atoms with E-state index in [1.54, 1.807) is 6.92 Å². The molecule has 0 amide bonds. The lowest BCUT2D eigenvalue weighted by Gasteiger charge is -2.09. The molecule has 1 aromatic rings. The fourth-order valence-electron chi connectivity index (χ4n) is 1.08. The highest BCUT2D eigenvalue weighted by atomic mass is 35.5. The second-order valence-electron chi connectivity index (χ2n) is 3.31. The number of esters is 1. The van der Waals surface area contributed by atoms with Gasteiger partial charge in [-0.1, -0.05) is 11.6 Å². The molecule has 0 saturated heterocycles. The van der Waals surface area contributed by atoms with Crippen molar-refractivity contribution >= 4 is 28.4 Å². The maximum absolute atomic E-state index is 11.9. The number of nitrogens with one attached hydrogen (secondary N) is 1. The van der Waals surface area contributed by atoms with Gasteiger partial charge in [0.25, 0.3) is 0 Å². The Bertz CT molecular complexity index is 489. The Morgan fingerprint density at radius 2 is 1.95 bits per heavy atom. The molecule has 1 N–H and O–H groups in total. The maximum Gasteiger partial charge on any atom is 0.573 e. The first-order valence-corrected chi connectivity index (χ1v) is 5.71. The van der Waals surface area contributed by atoms with Crippen LogP contribution in [0.1, 0.15) is 6.92 Å². The van der Waals surface area contributed by atoms with Gasteiger partial charge in [-0.25, -0.2) is 4.79 Å². The Balaban J connectivity index is 2.62. The van der Waals surface area contributed by atoms with Crippen LogP contribution in [-0.2, 0) is 9.53 Å². The van der Waals surface area contributed by atoms with E-state index in [0.29, 0.717) is 5.69 Å². The monoisotopic (exact) mass is 310 g/mol. The first-order valence-electron chi connectivity index (χ1n) is 5.34. The second-order valence-corrected chi connectivity index (χ2v) is 3.67. The largest absolute Gasteiger partial charge is 0.573 e. The van der Waals surface area contributed by atoms with Crippen molar-refractivity contribution in [3.63, 3.8) is 0 Å². The Kier molecular flexibility index (Phi) is 5.63. The number of hydrogen-bond donors (Lipinski definition) is 1. The quantitative estimate of drug-likeness (QED) is 0.516. The summed E-state index contributed by atoms with van der Waals surface area (Å²) >= 11 is 5.52. The zero-order chi connectivity index (χ0) is 15.2. The number of benzene rings is 1. The van der Waals surface area contributed by atoms with E-state index in [4.69, 9.17) is 11.6 Å². The summed E-state index contributed by atoms with van der Waals surface area (Å²) in [5, 5.41) is 3.08. The van der Waals surface area contributed by atoms with Gasteiger partial charge in [0.15, 0.2) is 0 Å². The molecular weight excluding hydrogens is 301 g/mol. The molecule has 5 nitrogen and oxygen atoms in total. The Morgan fingerprint density at radius 1 is 1.35 bits per heavy atom. The number of halogens is 4. The fraction of sp³-hybridized carbons (Fsp3) is 0.273. The predicted molar refractivity (Wildman–Crippen MR) is 66.7 cm³/mol. The average molecular weight is 311 g/mol. The van der Waals surface area contributed by atoms with Crippen molar-refractivity contribution in [3.05, 3.63) is 24.3 Å². The third kappa shape index (κ3) is 5.79. The molecule has 0 radical (unpaired) electrons. The standard InChI is InChI=1S/C11H10ClF3N2O3/c1-2-19-10(18)9(12)17-16-7-3-5-8(6-4-7)20-11(13,14)15/h3-6,16H,2H2,1H3/b17-9-. The van der Waals surface area contributed by atoms with Crippen molar-refractivity contribution in [2.24, 2.45) is 5.10 Å². The molecule has 0 aliphatic rings. The molecule has 0 aromatic heterocycles. The molecule has 0 atom stereocenters. The van der Waals surface area contributed by atoms with E-state index < -0.39 is 17.5 Å². The van der Waals surface area contributed by atoms with Crippen molar-refractivity contribution in [1.82, 2.24) is 0 Å². The molecule has 1 rings (SSSR count). The van der Waals surface area contributed by atoms with Gasteiger partial charge in [-0.05, 0) is 31.2 Å². The number of alkyl halides is 3. The first-order chi connectivity index (χ1) is 9.31. The molecule has 1 aromatic carbocycles. The number of anilines is 1. The van der Waals surface area contributed by atoms with E-state index in [1.807, 2.05) is 0 Å². The van der Waals surface area contributed by atoms with Crippen molar-refractivity contribution in [1.29, 1.82) is 0 Å². The summed E-state index contributed by atoms with van der Waals surface area (Å²) in [5.41, 5.74) is 2.71. The van der Waals surface area contributed by atoms with Gasteiger partial charge in [0.05, 0.1) is 12.3 Å². The SMILES string of the molecule is CCOC(=O)/C(Cl)=N/Nc1ccc(OC(F)(F)F)cc1. The van der Waals surface area contributed by atoms with Gasteiger partial charge in [-0.2, -0.15) is 5.10 Å². The van der Waals surface area contributed by atoms with Gasteiger partial charge in [-0.15, -0.1) is 13.2 Å². The zero-order valence-corrected chi connectivity index (χ0v) is 11.0. The summed E-state index contributed by atoms with van der Waals surface area (Å²) in [4.78, 5) is 11.1. The van der Waals surface area contributed by atoms with Gasteiger partial charge in [0.2, 0.25) is 5.17 Å². The lowest BCUT2D eigenvalue weighted by molar-refractivity contribution is -0.274. The summed E-state index contributed by atoms with van der Waals surface area (Å²) in [5.74, 6) is -1.18. The van der Waals surface area contributed by atoms with Crippen LogP contribution in [0.25, 0.3) is 0 Å². The molecule has 0 fully saturated rings. The molecule has 9 heteroatoms. The van der Waals surface area contributed by atoms with Crippen LogP contribution in [-0.4, -0.2) is 24.1 Å². The van der Waals surface area contributed by atoms with Gasteiger partial charge in [0, 0.05) is 0 Å². The first kappa shape index (κ1) is 16.1. The molecule has 0 heterocycles. The van der Waals surface area contributed by atoms with Crippen molar-refractivity contribution in [2.45, 2.75) is 13.3 Å². The van der Waals surface area contributed by atoms with Gasteiger partial charge < -0.3 is 9.47 Å². The van der Waals surface area contributed by atoms with Gasteiger partial charge in [-0.3, -0.25) is 5.43 Å². The molecule has 0 bridgehead atoms. The van der Waals surface area contributed by atoms with Crippen LogP contribution in [0.5, 0.6) is 5.75 Å². The third-order valence-corrected chi connectivity index (χ3v) is 2.05. The number of carbonyl (C=O) groups is 1. The van der Waals surface area contributed by atoms with E-state index in [-0.39, 0.29) is 12.4 Å². The molecule has 0 aliphatic carbocycles. The Hall–Kier alpha value is -1.96. The van der Waals surface area contributed by atoms with E-state index in [0.717, 1.165) is 12.1 Å². The molecule has 0 saturated carbocycles. The number of rotatable bonds is 5. The van der Waals surface area contributed by atoms with E-state index in [9.17, 15) is 18.0 Å². The average Bonchev–Trinajstić information content (AvgIpc) is 2.36. The summed E-state index contributed by atoms with van der Waals surface area (Å²) in [6.07, 6.45) is -4.75. The minimum absolute atomic E-state index is 0.147. The number of ether oxygens (including phenoxy) is 2. The van der Waals surface area contributed by atoms with Crippen LogP contribution >= 0.6 is 11.6 Å². The van der Waals surface area contributed by atoms with Crippen LogP contribution in [0.2, 0.25) is 0 Å². The topological polar surface area (TPSA) is 59.9 Å². The Morgan fingerprint density at radius 3 is 2.45 bits per heavy atom. The second kappa shape index (κ2) is 6.99. The third-order valence-electron chi connectivity index (χ3n) is 1.81. The van der Waals surface area contributed by atoms with Gasteiger partial charge >= 0.3 is 12.3 Å². The van der Waals surface area contributed by atoms with Crippen molar-refractivity contribution in [2.75, 3.05) is 12.0 Å². The Labute approximate surface area is 117 Å². The normalized spacial score (nSPS) is 11.9. The highest BCUT2D eigenvalue weighted by molar-refractivity contribution is 6.82. The van der Waals surface area contributed by atoms with Crippen LogP contribution in [0.3, 0.4) is 0 Å². The minimum Gasteiger partial charge on any atom is -0.461 e. The van der Waals surface area contributed by atoms with E-state index in [2.05, 4.69) is 20.0 Å². The summed E-state index contributed by atoms with van der Waals surface area (Å²) in [7, 11) is 0. The summed E-state index contributed by atoms with van der Waals surface area (Å²) < 4.78 is 44.1. The number of nitrogens with zero attached hydrogens (tertiary/aromatic N) is 1. The highest BCUT2D eigenvalue weighted by Crippen LogP contribution is 2.23. The maximum atomic E-state index is 11.9.